The zero-order valence-corrected chi connectivity index (χ0v) is 26.9. The smallest absolute Gasteiger partial charge is 0.355 e. The molecule has 240 valence electrons. The van der Waals surface area contributed by atoms with Gasteiger partial charge >= 0.3 is 11.9 Å². The van der Waals surface area contributed by atoms with E-state index in [1.54, 1.807) is 57.4 Å². The highest BCUT2D eigenvalue weighted by Crippen LogP contribution is 2.31. The minimum atomic E-state index is -1.24. The number of methoxy groups -OCH3 is 2. The number of esters is 2. The van der Waals surface area contributed by atoms with Crippen molar-refractivity contribution >= 4 is 18.0 Å². The fraction of sp³-hybridized carbons (Fsp3) is 0.263. The molecule has 0 atom stereocenters. The van der Waals surface area contributed by atoms with Crippen LogP contribution >= 0.6 is 0 Å². The van der Waals surface area contributed by atoms with Crippen molar-refractivity contribution in [2.45, 2.75) is 39.2 Å². The highest BCUT2D eigenvalue weighted by atomic mass is 16.6. The van der Waals surface area contributed by atoms with Crippen molar-refractivity contribution in [1.82, 2.24) is 0 Å². The largest absolute Gasteiger partial charge is 0.496 e. The normalized spacial score (nSPS) is 11.2. The van der Waals surface area contributed by atoms with Crippen molar-refractivity contribution in [2.75, 3.05) is 27.4 Å². The molecule has 8 nitrogen and oxygen atoms in total. The topological polar surface area (TPSA) is 89.5 Å². The molecule has 8 heteroatoms. The number of ether oxygens (including phenoxy) is 6. The summed E-state index contributed by atoms with van der Waals surface area (Å²) >= 11 is 0. The average molecular weight is 625 g/mol. The molecule has 0 aromatic heterocycles. The first-order valence-corrected chi connectivity index (χ1v) is 15.1. The Morgan fingerprint density at radius 1 is 0.739 bits per heavy atom. The number of para-hydroxylation sites is 1. The van der Waals surface area contributed by atoms with Crippen LogP contribution in [-0.2, 0) is 20.7 Å². The quantitative estimate of drug-likeness (QED) is 0.0575. The van der Waals surface area contributed by atoms with Crippen LogP contribution in [0.15, 0.2) is 97.1 Å². The van der Waals surface area contributed by atoms with Crippen molar-refractivity contribution in [3.8, 4) is 39.9 Å². The predicted molar refractivity (Wildman–Crippen MR) is 178 cm³/mol. The highest BCUT2D eigenvalue weighted by Gasteiger charge is 2.33. The van der Waals surface area contributed by atoms with Crippen molar-refractivity contribution < 1.29 is 38.0 Å². The van der Waals surface area contributed by atoms with Crippen molar-refractivity contribution in [3.63, 3.8) is 0 Å². The summed E-state index contributed by atoms with van der Waals surface area (Å²) in [5, 5.41) is 0. The summed E-state index contributed by atoms with van der Waals surface area (Å²) in [6, 6.07) is 28.0. The van der Waals surface area contributed by atoms with E-state index in [4.69, 9.17) is 28.4 Å². The number of rotatable bonds is 15. The Balaban J connectivity index is 1.24. The molecule has 0 spiro atoms. The molecule has 0 heterocycles. The van der Waals surface area contributed by atoms with Crippen LogP contribution in [0.25, 0.3) is 17.2 Å². The lowest BCUT2D eigenvalue weighted by atomic mass is 10.0. The molecule has 0 saturated carbocycles. The van der Waals surface area contributed by atoms with Gasteiger partial charge in [-0.05, 0) is 91.1 Å². The first-order chi connectivity index (χ1) is 22.2. The van der Waals surface area contributed by atoms with Crippen LogP contribution in [0.2, 0.25) is 0 Å². The maximum atomic E-state index is 12.9. The molecule has 4 rings (SSSR count). The fourth-order valence-corrected chi connectivity index (χ4v) is 4.58. The summed E-state index contributed by atoms with van der Waals surface area (Å²) in [6.45, 7) is 5.70. The Morgan fingerprint density at radius 2 is 1.46 bits per heavy atom. The maximum absolute atomic E-state index is 12.9. The molecule has 0 aliphatic rings. The molecule has 0 saturated heterocycles. The molecule has 0 bridgehead atoms. The zero-order valence-electron chi connectivity index (χ0n) is 26.9. The Hall–Kier alpha value is -5.24. The van der Waals surface area contributed by atoms with Crippen molar-refractivity contribution in [1.29, 1.82) is 0 Å². The molecule has 0 amide bonds. The van der Waals surface area contributed by atoms with E-state index in [1.165, 1.54) is 18.7 Å². The van der Waals surface area contributed by atoms with Gasteiger partial charge in [0.2, 0.25) is 5.60 Å². The zero-order chi connectivity index (χ0) is 32.9. The number of benzene rings is 4. The summed E-state index contributed by atoms with van der Waals surface area (Å²) in [7, 11) is 3.16. The third-order valence-electron chi connectivity index (χ3n) is 7.00. The van der Waals surface area contributed by atoms with Gasteiger partial charge < -0.3 is 28.4 Å². The molecule has 0 unspecified atom stereocenters. The van der Waals surface area contributed by atoms with Gasteiger partial charge in [0.05, 0.1) is 14.2 Å². The molecule has 0 aliphatic heterocycles. The number of aryl methyl sites for hydroxylation is 1. The first kappa shape index (κ1) is 33.6. The van der Waals surface area contributed by atoms with E-state index in [0.29, 0.717) is 22.8 Å². The second-order valence-electron chi connectivity index (χ2n) is 10.9. The van der Waals surface area contributed by atoms with Gasteiger partial charge in [-0.2, -0.15) is 0 Å². The van der Waals surface area contributed by atoms with Gasteiger partial charge in [0.25, 0.3) is 0 Å². The SMILES string of the molecule is CCCc1ccc(-c2ccc(OCCOC(=O)C=Cc3ccc(OC(=O)C(C)(C)Oc4ccccc4)c(OC)c3)cc2)cc1OC. The van der Waals surface area contributed by atoms with Gasteiger partial charge in [-0.25, -0.2) is 9.59 Å². The number of hydrogen-bond donors (Lipinski definition) is 0. The highest BCUT2D eigenvalue weighted by molar-refractivity contribution is 5.87. The second-order valence-corrected chi connectivity index (χ2v) is 10.9. The van der Waals surface area contributed by atoms with Crippen LogP contribution in [0.5, 0.6) is 28.7 Å². The van der Waals surface area contributed by atoms with E-state index in [2.05, 4.69) is 25.1 Å². The van der Waals surface area contributed by atoms with Crippen LogP contribution < -0.4 is 23.7 Å². The van der Waals surface area contributed by atoms with Gasteiger partial charge in [0.1, 0.15) is 30.5 Å². The van der Waals surface area contributed by atoms with Gasteiger partial charge in [-0.15, -0.1) is 0 Å². The van der Waals surface area contributed by atoms with Crippen LogP contribution in [-0.4, -0.2) is 45.0 Å². The molecule has 4 aromatic rings. The molecular formula is C38H40O8. The average Bonchev–Trinajstić information content (AvgIpc) is 3.07. The molecule has 46 heavy (non-hydrogen) atoms. The monoisotopic (exact) mass is 624 g/mol. The first-order valence-electron chi connectivity index (χ1n) is 15.1. The summed E-state index contributed by atoms with van der Waals surface area (Å²) < 4.78 is 33.4. The Morgan fingerprint density at radius 3 is 2.15 bits per heavy atom. The summed E-state index contributed by atoms with van der Waals surface area (Å²) in [5.41, 5.74) is 2.73. The molecular weight excluding hydrogens is 584 g/mol. The van der Waals surface area contributed by atoms with Crippen LogP contribution in [0, 0.1) is 0 Å². The van der Waals surface area contributed by atoms with E-state index in [9.17, 15) is 9.59 Å². The number of carbonyl (C=O) groups is 2. The van der Waals surface area contributed by atoms with E-state index in [1.807, 2.05) is 42.5 Å². The molecule has 0 N–H and O–H groups in total. The van der Waals surface area contributed by atoms with Crippen molar-refractivity contribution in [3.05, 3.63) is 108 Å². The summed E-state index contributed by atoms with van der Waals surface area (Å²) in [4.78, 5) is 25.1. The molecule has 0 radical (unpaired) electrons. The predicted octanol–water partition coefficient (Wildman–Crippen LogP) is 7.72. The third kappa shape index (κ3) is 9.38. The Labute approximate surface area is 270 Å². The van der Waals surface area contributed by atoms with Gasteiger partial charge in [0.15, 0.2) is 11.5 Å². The molecule has 0 aliphatic carbocycles. The molecule has 4 aromatic carbocycles. The lowest BCUT2D eigenvalue weighted by Gasteiger charge is -2.24. The van der Waals surface area contributed by atoms with Gasteiger partial charge in [-0.1, -0.05) is 61.9 Å². The fourth-order valence-electron chi connectivity index (χ4n) is 4.58. The minimum absolute atomic E-state index is 0.0834. The third-order valence-corrected chi connectivity index (χ3v) is 7.00. The second kappa shape index (κ2) is 16.2. The van der Waals surface area contributed by atoms with E-state index < -0.39 is 17.5 Å². The Bertz CT molecular complexity index is 1620. The minimum Gasteiger partial charge on any atom is -0.496 e. The van der Waals surface area contributed by atoms with Crippen LogP contribution in [0.4, 0.5) is 0 Å². The van der Waals surface area contributed by atoms with E-state index >= 15 is 0 Å². The van der Waals surface area contributed by atoms with Gasteiger partial charge in [-0.3, -0.25) is 0 Å². The van der Waals surface area contributed by atoms with E-state index in [-0.39, 0.29) is 19.0 Å². The van der Waals surface area contributed by atoms with Gasteiger partial charge in [0, 0.05) is 6.08 Å². The van der Waals surface area contributed by atoms with Crippen molar-refractivity contribution in [2.24, 2.45) is 0 Å². The maximum Gasteiger partial charge on any atom is 0.355 e. The summed E-state index contributed by atoms with van der Waals surface area (Å²) in [5.74, 6) is 1.56. The lowest BCUT2D eigenvalue weighted by Crippen LogP contribution is -2.41. The van der Waals surface area contributed by atoms with E-state index in [0.717, 1.165) is 29.7 Å². The summed E-state index contributed by atoms with van der Waals surface area (Å²) in [6.07, 6.45) is 4.93. The van der Waals surface area contributed by atoms with Crippen LogP contribution in [0.1, 0.15) is 38.3 Å². The Kier molecular flexibility index (Phi) is 11.8. The number of hydrogen-bond acceptors (Lipinski definition) is 8. The van der Waals surface area contributed by atoms with Crippen LogP contribution in [0.3, 0.4) is 0 Å². The molecule has 0 fully saturated rings. The standard InChI is InChI=1S/C38H40O8/c1-6-10-29-15-16-30(26-34(29)41-4)28-17-19-31(20-18-28)43-23-24-44-36(39)22-14-27-13-21-33(35(25-27)42-5)45-37(40)38(2,3)46-32-11-8-7-9-12-32/h7-9,11-22,25-26H,6,10,23-24H2,1-5H3. The lowest BCUT2D eigenvalue weighted by molar-refractivity contribution is -0.149. The number of carbonyl (C=O) groups excluding carboxylic acids is 2.